The second-order valence-corrected chi connectivity index (χ2v) is 8.04. The Labute approximate surface area is 158 Å². The Balaban J connectivity index is 2.10. The number of sulfonamides is 1. The van der Waals surface area contributed by atoms with Gasteiger partial charge in [0, 0.05) is 10.7 Å². The van der Waals surface area contributed by atoms with E-state index in [-0.39, 0.29) is 11.5 Å². The molecular weight excluding hydrogens is 378 g/mol. The van der Waals surface area contributed by atoms with Gasteiger partial charge in [-0.1, -0.05) is 11.6 Å². The number of esters is 1. The van der Waals surface area contributed by atoms with Crippen LogP contribution in [0.25, 0.3) is 0 Å². The maximum Gasteiger partial charge on any atom is 0.349 e. The molecule has 0 spiro atoms. The van der Waals surface area contributed by atoms with E-state index in [1.54, 1.807) is 45.0 Å². The number of hydrogen-bond acceptors (Lipinski definition) is 5. The van der Waals surface area contributed by atoms with Crippen molar-refractivity contribution in [1.82, 2.24) is 0 Å². The van der Waals surface area contributed by atoms with Crippen molar-refractivity contribution in [3.63, 3.8) is 0 Å². The molecule has 0 fully saturated rings. The summed E-state index contributed by atoms with van der Waals surface area (Å²) in [6, 6.07) is 12.1. The van der Waals surface area contributed by atoms with Gasteiger partial charge < -0.3 is 9.47 Å². The number of rotatable bonds is 7. The summed E-state index contributed by atoms with van der Waals surface area (Å²) in [5.41, 5.74) is -0.790. The van der Waals surface area contributed by atoms with Gasteiger partial charge in [0.1, 0.15) is 5.75 Å². The van der Waals surface area contributed by atoms with Crippen molar-refractivity contribution in [3.8, 4) is 5.75 Å². The smallest absolute Gasteiger partial charge is 0.349 e. The Kier molecular flexibility index (Phi) is 6.15. The third-order valence-corrected chi connectivity index (χ3v) is 5.02. The van der Waals surface area contributed by atoms with E-state index in [4.69, 9.17) is 21.1 Å². The lowest BCUT2D eigenvalue weighted by atomic mass is 10.1. The van der Waals surface area contributed by atoms with Crippen LogP contribution < -0.4 is 9.46 Å². The number of benzene rings is 2. The van der Waals surface area contributed by atoms with Crippen molar-refractivity contribution in [1.29, 1.82) is 0 Å². The van der Waals surface area contributed by atoms with Gasteiger partial charge in [0.2, 0.25) is 0 Å². The van der Waals surface area contributed by atoms with Gasteiger partial charge in [0.15, 0.2) is 5.60 Å². The first kappa shape index (κ1) is 20.1. The average Bonchev–Trinajstić information content (AvgIpc) is 2.57. The number of halogens is 1. The van der Waals surface area contributed by atoms with E-state index in [1.807, 2.05) is 0 Å². The molecule has 0 aromatic heterocycles. The van der Waals surface area contributed by atoms with Gasteiger partial charge in [0.05, 0.1) is 11.5 Å². The summed E-state index contributed by atoms with van der Waals surface area (Å²) in [6.07, 6.45) is 0. The minimum atomic E-state index is -3.72. The van der Waals surface area contributed by atoms with Crippen molar-refractivity contribution >= 4 is 33.3 Å². The molecule has 2 aromatic carbocycles. The molecule has 0 aliphatic rings. The lowest BCUT2D eigenvalue weighted by Crippen LogP contribution is -2.39. The summed E-state index contributed by atoms with van der Waals surface area (Å²) in [5, 5.41) is 0.453. The normalized spacial score (nSPS) is 11.7. The molecule has 1 N–H and O–H groups in total. The third kappa shape index (κ3) is 5.12. The van der Waals surface area contributed by atoms with Crippen molar-refractivity contribution in [3.05, 3.63) is 53.6 Å². The zero-order valence-corrected chi connectivity index (χ0v) is 16.2. The number of carbonyl (C=O) groups is 1. The molecular formula is C18H20ClNO5S. The molecule has 0 atom stereocenters. The van der Waals surface area contributed by atoms with Crippen molar-refractivity contribution in [2.24, 2.45) is 0 Å². The van der Waals surface area contributed by atoms with Crippen LogP contribution in [0.5, 0.6) is 5.75 Å². The Hall–Kier alpha value is -2.25. The minimum absolute atomic E-state index is 0.102. The largest absolute Gasteiger partial charge is 0.476 e. The second kappa shape index (κ2) is 7.97. The van der Waals surface area contributed by atoms with Crippen LogP contribution in [0.2, 0.25) is 5.02 Å². The topological polar surface area (TPSA) is 81.7 Å². The number of nitrogens with one attached hydrogen (secondary N) is 1. The molecule has 0 bridgehead atoms. The summed E-state index contributed by atoms with van der Waals surface area (Å²) in [4.78, 5) is 12.0. The maximum absolute atomic E-state index is 12.3. The van der Waals surface area contributed by atoms with Crippen LogP contribution in [0.4, 0.5) is 5.69 Å². The van der Waals surface area contributed by atoms with Crippen molar-refractivity contribution in [2.75, 3.05) is 11.3 Å². The summed E-state index contributed by atoms with van der Waals surface area (Å²) in [7, 11) is -3.72. The lowest BCUT2D eigenvalue weighted by Gasteiger charge is -2.24. The van der Waals surface area contributed by atoms with Crippen LogP contribution in [0, 0.1) is 0 Å². The Bertz CT molecular complexity index is 861. The van der Waals surface area contributed by atoms with E-state index < -0.39 is 21.6 Å². The molecule has 26 heavy (non-hydrogen) atoms. The van der Waals surface area contributed by atoms with Crippen LogP contribution in [-0.2, 0) is 19.6 Å². The van der Waals surface area contributed by atoms with E-state index in [0.717, 1.165) is 0 Å². The van der Waals surface area contributed by atoms with Gasteiger partial charge in [-0.3, -0.25) is 4.72 Å². The van der Waals surface area contributed by atoms with E-state index >= 15 is 0 Å². The zero-order valence-electron chi connectivity index (χ0n) is 14.7. The molecule has 2 rings (SSSR count). The summed E-state index contributed by atoms with van der Waals surface area (Å²) < 4.78 is 37.7. The van der Waals surface area contributed by atoms with Crippen molar-refractivity contribution < 1.29 is 22.7 Å². The van der Waals surface area contributed by atoms with E-state index in [1.165, 1.54) is 24.3 Å². The van der Waals surface area contributed by atoms with Gasteiger partial charge in [0.25, 0.3) is 10.0 Å². The van der Waals surface area contributed by atoms with Crippen LogP contribution in [0.3, 0.4) is 0 Å². The summed E-state index contributed by atoms with van der Waals surface area (Å²) in [5.74, 6) is -0.0648. The molecule has 0 aliphatic heterocycles. The third-order valence-electron chi connectivity index (χ3n) is 3.37. The van der Waals surface area contributed by atoms with E-state index in [0.29, 0.717) is 16.5 Å². The highest BCUT2D eigenvalue weighted by atomic mass is 35.5. The second-order valence-electron chi connectivity index (χ2n) is 5.92. The first-order valence-corrected chi connectivity index (χ1v) is 9.75. The Morgan fingerprint density at radius 1 is 1.08 bits per heavy atom. The fourth-order valence-corrected chi connectivity index (χ4v) is 3.24. The van der Waals surface area contributed by atoms with Crippen LogP contribution >= 0.6 is 11.6 Å². The van der Waals surface area contributed by atoms with E-state index in [2.05, 4.69) is 4.72 Å². The predicted molar refractivity (Wildman–Crippen MR) is 100 cm³/mol. The highest BCUT2D eigenvalue weighted by Crippen LogP contribution is 2.24. The van der Waals surface area contributed by atoms with Gasteiger partial charge >= 0.3 is 5.97 Å². The molecule has 0 aliphatic carbocycles. The molecule has 6 nitrogen and oxygen atoms in total. The number of ether oxygens (including phenoxy) is 2. The van der Waals surface area contributed by atoms with Crippen LogP contribution in [-0.4, -0.2) is 26.6 Å². The van der Waals surface area contributed by atoms with Crippen LogP contribution in [0.1, 0.15) is 20.8 Å². The summed E-state index contributed by atoms with van der Waals surface area (Å²) in [6.45, 7) is 5.18. The molecule has 0 saturated carbocycles. The van der Waals surface area contributed by atoms with Crippen LogP contribution in [0.15, 0.2) is 53.4 Å². The number of carbonyl (C=O) groups excluding carboxylic acids is 1. The van der Waals surface area contributed by atoms with Gasteiger partial charge in [-0.25, -0.2) is 13.2 Å². The standard InChI is InChI=1S/C18H20ClNO5S/c1-4-24-17(21)18(2,3)25-15-9-7-14(8-10-15)20-26(22,23)16-11-5-13(19)6-12-16/h5-12,20H,4H2,1-3H3. The Morgan fingerprint density at radius 3 is 2.19 bits per heavy atom. The first-order chi connectivity index (χ1) is 12.1. The summed E-state index contributed by atoms with van der Waals surface area (Å²) >= 11 is 5.77. The number of anilines is 1. The molecule has 0 radical (unpaired) electrons. The molecule has 0 unspecified atom stereocenters. The maximum atomic E-state index is 12.3. The lowest BCUT2D eigenvalue weighted by molar-refractivity contribution is -0.158. The molecule has 0 saturated heterocycles. The predicted octanol–water partition coefficient (Wildman–Crippen LogP) is 3.86. The van der Waals surface area contributed by atoms with E-state index in [9.17, 15) is 13.2 Å². The molecule has 0 heterocycles. The zero-order chi connectivity index (χ0) is 19.4. The van der Waals surface area contributed by atoms with Gasteiger partial charge in [-0.2, -0.15) is 0 Å². The molecule has 0 amide bonds. The molecule has 2 aromatic rings. The fourth-order valence-electron chi connectivity index (χ4n) is 2.06. The Morgan fingerprint density at radius 2 is 1.65 bits per heavy atom. The molecule has 140 valence electrons. The first-order valence-electron chi connectivity index (χ1n) is 7.89. The minimum Gasteiger partial charge on any atom is -0.476 e. The van der Waals surface area contributed by atoms with Gasteiger partial charge in [-0.15, -0.1) is 0 Å². The molecule has 8 heteroatoms. The SMILES string of the molecule is CCOC(=O)C(C)(C)Oc1ccc(NS(=O)(=O)c2ccc(Cl)cc2)cc1. The highest BCUT2D eigenvalue weighted by molar-refractivity contribution is 7.92. The van der Waals surface area contributed by atoms with Gasteiger partial charge in [-0.05, 0) is 69.3 Å². The van der Waals surface area contributed by atoms with Crippen molar-refractivity contribution in [2.45, 2.75) is 31.3 Å². The average molecular weight is 398 g/mol. The quantitative estimate of drug-likeness (QED) is 0.717. The highest BCUT2D eigenvalue weighted by Gasteiger charge is 2.31. The number of hydrogen-bond donors (Lipinski definition) is 1. The fraction of sp³-hybridized carbons (Fsp3) is 0.278. The monoisotopic (exact) mass is 397 g/mol.